The van der Waals surface area contributed by atoms with E-state index in [9.17, 15) is 13.2 Å². The molecule has 24 heavy (non-hydrogen) atoms. The van der Waals surface area contributed by atoms with Crippen molar-refractivity contribution in [1.29, 1.82) is 0 Å². The van der Waals surface area contributed by atoms with Crippen LogP contribution in [0, 0.1) is 5.92 Å². The van der Waals surface area contributed by atoms with Crippen LogP contribution in [-0.2, 0) is 22.7 Å². The van der Waals surface area contributed by atoms with Crippen LogP contribution in [0.25, 0.3) is 10.9 Å². The summed E-state index contributed by atoms with van der Waals surface area (Å²) in [5.41, 5.74) is 4.41. The molecule has 1 amide bonds. The highest BCUT2D eigenvalue weighted by Crippen LogP contribution is 2.29. The first kappa shape index (κ1) is 15.7. The number of hydrogen-bond donors (Lipinski definition) is 2. The van der Waals surface area contributed by atoms with E-state index in [0.29, 0.717) is 18.5 Å². The Morgan fingerprint density at radius 3 is 2.88 bits per heavy atom. The van der Waals surface area contributed by atoms with E-state index >= 15 is 0 Å². The van der Waals surface area contributed by atoms with Crippen LogP contribution in [0.4, 0.5) is 0 Å². The zero-order valence-electron chi connectivity index (χ0n) is 13.6. The van der Waals surface area contributed by atoms with Crippen molar-refractivity contribution in [2.75, 3.05) is 18.1 Å². The summed E-state index contributed by atoms with van der Waals surface area (Å²) < 4.78 is 23.0. The molecule has 4 rings (SSSR count). The van der Waals surface area contributed by atoms with E-state index in [1.807, 2.05) is 18.2 Å². The minimum atomic E-state index is -2.90. The molecule has 1 aromatic heterocycles. The summed E-state index contributed by atoms with van der Waals surface area (Å²) >= 11 is 0. The number of rotatable bonds is 3. The third-order valence-electron chi connectivity index (χ3n) is 5.24. The van der Waals surface area contributed by atoms with E-state index in [-0.39, 0.29) is 23.3 Å². The highest BCUT2D eigenvalue weighted by atomic mass is 32.2. The Hall–Kier alpha value is -1.82. The monoisotopic (exact) mass is 346 g/mol. The topological polar surface area (TPSA) is 79.0 Å². The summed E-state index contributed by atoms with van der Waals surface area (Å²) in [5, 5.41) is 4.06. The molecule has 1 aliphatic heterocycles. The lowest BCUT2D eigenvalue weighted by Gasteiger charge is -2.11. The van der Waals surface area contributed by atoms with Crippen molar-refractivity contribution < 1.29 is 13.2 Å². The van der Waals surface area contributed by atoms with Gasteiger partial charge in [0.05, 0.1) is 11.5 Å². The fraction of sp³-hybridized carbons (Fsp3) is 0.500. The molecule has 0 spiro atoms. The van der Waals surface area contributed by atoms with E-state index in [0.717, 1.165) is 23.7 Å². The van der Waals surface area contributed by atoms with Crippen molar-refractivity contribution in [3.8, 4) is 0 Å². The quantitative estimate of drug-likeness (QED) is 0.894. The standard InChI is InChI=1S/C18H22N2O3S/c21-18(19-10-12-7-8-24(22,23)11-12)13-5-6-17-15(9-13)14-3-1-2-4-16(14)20-17/h5-6,9,12,20H,1-4,7-8,10-11H2,(H,19,21)/t12-/m0/s1. The number of hydrogen-bond acceptors (Lipinski definition) is 3. The highest BCUT2D eigenvalue weighted by Gasteiger charge is 2.28. The number of aromatic nitrogens is 1. The first-order valence-electron chi connectivity index (χ1n) is 8.64. The molecule has 2 aliphatic rings. The van der Waals surface area contributed by atoms with Gasteiger partial charge in [0.2, 0.25) is 0 Å². The second kappa shape index (κ2) is 5.92. The van der Waals surface area contributed by atoms with Crippen molar-refractivity contribution in [2.45, 2.75) is 32.1 Å². The number of sulfone groups is 1. The fourth-order valence-corrected chi connectivity index (χ4v) is 5.78. The molecule has 0 unspecified atom stereocenters. The largest absolute Gasteiger partial charge is 0.358 e. The molecule has 0 radical (unpaired) electrons. The van der Waals surface area contributed by atoms with Gasteiger partial charge in [0.15, 0.2) is 9.84 Å². The van der Waals surface area contributed by atoms with Crippen molar-refractivity contribution in [3.63, 3.8) is 0 Å². The lowest BCUT2D eigenvalue weighted by atomic mass is 9.95. The Kier molecular flexibility index (Phi) is 3.87. The summed E-state index contributed by atoms with van der Waals surface area (Å²) in [4.78, 5) is 15.9. The molecule has 128 valence electrons. The maximum absolute atomic E-state index is 12.4. The number of fused-ring (bicyclic) bond motifs is 3. The number of benzene rings is 1. The van der Waals surface area contributed by atoms with Crippen molar-refractivity contribution in [3.05, 3.63) is 35.0 Å². The molecule has 1 aliphatic carbocycles. The maximum atomic E-state index is 12.4. The van der Waals surface area contributed by atoms with Crippen LogP contribution in [0.15, 0.2) is 18.2 Å². The minimum Gasteiger partial charge on any atom is -0.358 e. The van der Waals surface area contributed by atoms with Crippen molar-refractivity contribution in [2.24, 2.45) is 5.92 Å². The first-order chi connectivity index (χ1) is 11.5. The number of aryl methyl sites for hydroxylation is 2. The Morgan fingerprint density at radius 2 is 2.08 bits per heavy atom. The summed E-state index contributed by atoms with van der Waals surface area (Å²) in [5.74, 6) is 0.363. The van der Waals surface area contributed by atoms with E-state index in [1.54, 1.807) is 0 Å². The third kappa shape index (κ3) is 2.95. The normalized spacial score (nSPS) is 22.4. The van der Waals surface area contributed by atoms with Gasteiger partial charge in [-0.1, -0.05) is 0 Å². The van der Waals surface area contributed by atoms with Gasteiger partial charge in [-0.3, -0.25) is 4.79 Å². The molecule has 2 heterocycles. The highest BCUT2D eigenvalue weighted by molar-refractivity contribution is 7.91. The van der Waals surface area contributed by atoms with Crippen LogP contribution in [0.2, 0.25) is 0 Å². The summed E-state index contributed by atoms with van der Waals surface area (Å²) in [6.45, 7) is 0.432. The molecule has 1 atom stereocenters. The van der Waals surface area contributed by atoms with Crippen LogP contribution in [0.1, 0.15) is 40.9 Å². The predicted octanol–water partition coefficient (Wildman–Crippen LogP) is 2.21. The number of aromatic amines is 1. The van der Waals surface area contributed by atoms with Gasteiger partial charge in [-0.2, -0.15) is 0 Å². The molecule has 0 saturated carbocycles. The number of H-pyrrole nitrogens is 1. The Labute approximate surface area is 141 Å². The molecule has 0 bridgehead atoms. The van der Waals surface area contributed by atoms with Crippen molar-refractivity contribution in [1.82, 2.24) is 10.3 Å². The van der Waals surface area contributed by atoms with Gasteiger partial charge < -0.3 is 10.3 Å². The zero-order valence-corrected chi connectivity index (χ0v) is 14.4. The number of amides is 1. The Morgan fingerprint density at radius 1 is 1.25 bits per heavy atom. The van der Waals surface area contributed by atoms with E-state index < -0.39 is 9.84 Å². The number of nitrogens with one attached hydrogen (secondary N) is 2. The fourth-order valence-electron chi connectivity index (χ4n) is 3.92. The molecule has 2 N–H and O–H groups in total. The van der Waals surface area contributed by atoms with Crippen molar-refractivity contribution >= 4 is 26.6 Å². The molecule has 1 fully saturated rings. The first-order valence-corrected chi connectivity index (χ1v) is 10.5. The summed E-state index contributed by atoms with van der Waals surface area (Å²) in [6, 6.07) is 5.78. The van der Waals surface area contributed by atoms with Gasteiger partial charge in [0.25, 0.3) is 5.91 Å². The van der Waals surface area contributed by atoms with Crippen LogP contribution in [0.5, 0.6) is 0 Å². The van der Waals surface area contributed by atoms with E-state index in [2.05, 4.69) is 10.3 Å². The third-order valence-corrected chi connectivity index (χ3v) is 7.08. The second-order valence-corrected chi connectivity index (χ2v) is 9.26. The predicted molar refractivity (Wildman–Crippen MR) is 94.0 cm³/mol. The SMILES string of the molecule is O=C(NC[C@@H]1CCS(=O)(=O)C1)c1ccc2[nH]c3c(c2c1)CCCC3. The Balaban J connectivity index is 1.50. The van der Waals surface area contributed by atoms with Gasteiger partial charge in [0.1, 0.15) is 0 Å². The van der Waals surface area contributed by atoms with E-state index in [4.69, 9.17) is 0 Å². The van der Waals surface area contributed by atoms with Crippen LogP contribution >= 0.6 is 0 Å². The average molecular weight is 346 g/mol. The van der Waals surface area contributed by atoms with Gasteiger partial charge in [-0.25, -0.2) is 8.42 Å². The van der Waals surface area contributed by atoms with Gasteiger partial charge in [-0.05, 0) is 61.8 Å². The molecular weight excluding hydrogens is 324 g/mol. The van der Waals surface area contributed by atoms with Crippen LogP contribution in [-0.4, -0.2) is 37.4 Å². The molecule has 2 aromatic rings. The molecular formula is C18H22N2O3S. The lowest BCUT2D eigenvalue weighted by molar-refractivity contribution is 0.0948. The minimum absolute atomic E-state index is 0.0442. The lowest BCUT2D eigenvalue weighted by Crippen LogP contribution is -2.29. The average Bonchev–Trinajstić information content (AvgIpc) is 3.11. The second-order valence-electron chi connectivity index (χ2n) is 7.03. The summed E-state index contributed by atoms with van der Waals surface area (Å²) in [7, 11) is -2.90. The molecule has 1 saturated heterocycles. The van der Waals surface area contributed by atoms with Gasteiger partial charge in [-0.15, -0.1) is 0 Å². The summed E-state index contributed by atoms with van der Waals surface area (Å²) in [6.07, 6.45) is 5.22. The van der Waals surface area contributed by atoms with Gasteiger partial charge in [0, 0.05) is 28.7 Å². The number of carbonyl (C=O) groups excluding carboxylic acids is 1. The maximum Gasteiger partial charge on any atom is 0.251 e. The van der Waals surface area contributed by atoms with Crippen LogP contribution in [0.3, 0.4) is 0 Å². The molecule has 6 heteroatoms. The molecule has 1 aromatic carbocycles. The smallest absolute Gasteiger partial charge is 0.251 e. The van der Waals surface area contributed by atoms with Gasteiger partial charge >= 0.3 is 0 Å². The molecule has 5 nitrogen and oxygen atoms in total. The zero-order chi connectivity index (χ0) is 16.7. The Bertz CT molecular complexity index is 898. The van der Waals surface area contributed by atoms with Crippen LogP contribution < -0.4 is 5.32 Å². The van der Waals surface area contributed by atoms with E-state index in [1.165, 1.54) is 24.1 Å². The number of carbonyl (C=O) groups is 1.